The number of likely N-dealkylation sites (tertiary alicyclic amines) is 1. The summed E-state index contributed by atoms with van der Waals surface area (Å²) >= 11 is 0. The van der Waals surface area contributed by atoms with Crippen molar-refractivity contribution < 1.29 is 27.1 Å². The minimum Gasteiger partial charge on any atom is -0.493 e. The maximum atomic E-state index is 14.2. The number of benzene rings is 1. The Balaban J connectivity index is 1.76. The van der Waals surface area contributed by atoms with E-state index in [-0.39, 0.29) is 0 Å². The summed E-state index contributed by atoms with van der Waals surface area (Å²) in [7, 11) is 0. The normalized spacial score (nSPS) is 15.8. The topological polar surface area (TPSA) is 41.6 Å². The molecule has 1 heterocycles. The van der Waals surface area contributed by atoms with Gasteiger partial charge in [-0.3, -0.25) is 9.69 Å². The summed E-state index contributed by atoms with van der Waals surface area (Å²) in [6.45, 7) is 4.30. The van der Waals surface area contributed by atoms with Gasteiger partial charge >= 0.3 is 6.18 Å². The molecular formula is C18H24F4N2O2. The molecule has 0 spiro atoms. The van der Waals surface area contributed by atoms with Gasteiger partial charge in [-0.25, -0.2) is 4.39 Å². The Kier molecular flexibility index (Phi) is 6.86. The first-order valence-corrected chi connectivity index (χ1v) is 8.62. The van der Waals surface area contributed by atoms with Crippen molar-refractivity contribution in [2.75, 3.05) is 26.2 Å². The van der Waals surface area contributed by atoms with Gasteiger partial charge in [0.25, 0.3) is 0 Å². The molecule has 0 bridgehead atoms. The van der Waals surface area contributed by atoms with Crippen LogP contribution in [0.3, 0.4) is 0 Å². The third-order valence-corrected chi connectivity index (χ3v) is 4.17. The summed E-state index contributed by atoms with van der Waals surface area (Å²) in [5.41, 5.74) is 0.468. The van der Waals surface area contributed by atoms with Crippen LogP contribution in [0.2, 0.25) is 0 Å². The molecule has 1 aliphatic rings. The molecule has 0 aromatic heterocycles. The third kappa shape index (κ3) is 6.48. The van der Waals surface area contributed by atoms with E-state index < -0.39 is 30.4 Å². The van der Waals surface area contributed by atoms with E-state index in [2.05, 4.69) is 13.8 Å². The largest absolute Gasteiger partial charge is 0.493 e. The number of halogens is 4. The first-order valence-electron chi connectivity index (χ1n) is 8.62. The number of hydrogen-bond acceptors (Lipinski definition) is 3. The minimum atomic E-state index is -4.42. The van der Waals surface area contributed by atoms with Gasteiger partial charge in [0, 0.05) is 31.3 Å². The van der Waals surface area contributed by atoms with E-state index in [0.717, 1.165) is 6.42 Å². The lowest BCUT2D eigenvalue weighted by Gasteiger charge is -2.38. The van der Waals surface area contributed by atoms with Gasteiger partial charge < -0.3 is 10.1 Å². The van der Waals surface area contributed by atoms with Crippen molar-refractivity contribution in [3.63, 3.8) is 0 Å². The zero-order chi connectivity index (χ0) is 19.3. The standard InChI is InChI=1S/C18H24F4N2O2/c1-12(2)5-6-26-15-4-3-13(16(19)7-15)8-24-9-14(10-24)17(25)23-11-18(20,21)22/h3-4,7,12,14H,5-6,8-11H2,1-2H3,(H,23,25). The molecule has 4 nitrogen and oxygen atoms in total. The van der Waals surface area contributed by atoms with E-state index in [1.54, 1.807) is 12.1 Å². The second-order valence-corrected chi connectivity index (χ2v) is 7.01. The highest BCUT2D eigenvalue weighted by Gasteiger charge is 2.35. The Hall–Kier alpha value is -1.83. The summed E-state index contributed by atoms with van der Waals surface area (Å²) in [5, 5.41) is 1.87. The fourth-order valence-corrected chi connectivity index (χ4v) is 2.60. The Morgan fingerprint density at radius 1 is 1.35 bits per heavy atom. The van der Waals surface area contributed by atoms with Crippen molar-refractivity contribution in [2.24, 2.45) is 11.8 Å². The van der Waals surface area contributed by atoms with Crippen LogP contribution in [0.25, 0.3) is 0 Å². The van der Waals surface area contributed by atoms with Crippen LogP contribution in [-0.2, 0) is 11.3 Å². The van der Waals surface area contributed by atoms with Crippen molar-refractivity contribution in [3.8, 4) is 5.75 Å². The highest BCUT2D eigenvalue weighted by atomic mass is 19.4. The monoisotopic (exact) mass is 376 g/mol. The zero-order valence-electron chi connectivity index (χ0n) is 14.9. The Morgan fingerprint density at radius 3 is 2.62 bits per heavy atom. The highest BCUT2D eigenvalue weighted by molar-refractivity contribution is 5.80. The highest BCUT2D eigenvalue weighted by Crippen LogP contribution is 2.23. The van der Waals surface area contributed by atoms with Crippen LogP contribution in [0.15, 0.2) is 18.2 Å². The number of nitrogens with one attached hydrogen (secondary N) is 1. The maximum absolute atomic E-state index is 14.2. The Bertz CT molecular complexity index is 614. The van der Waals surface area contributed by atoms with Gasteiger partial charge in [-0.05, 0) is 18.4 Å². The van der Waals surface area contributed by atoms with Gasteiger partial charge in [-0.15, -0.1) is 0 Å². The molecule has 26 heavy (non-hydrogen) atoms. The van der Waals surface area contributed by atoms with Crippen LogP contribution in [0.1, 0.15) is 25.8 Å². The average molecular weight is 376 g/mol. The van der Waals surface area contributed by atoms with Gasteiger partial charge in [-0.2, -0.15) is 13.2 Å². The van der Waals surface area contributed by atoms with Gasteiger partial charge in [0.2, 0.25) is 5.91 Å². The quantitative estimate of drug-likeness (QED) is 0.708. The molecule has 8 heteroatoms. The van der Waals surface area contributed by atoms with E-state index in [4.69, 9.17) is 4.74 Å². The maximum Gasteiger partial charge on any atom is 0.405 e. The summed E-state index contributed by atoms with van der Waals surface area (Å²) in [6, 6.07) is 4.67. The van der Waals surface area contributed by atoms with Crippen LogP contribution >= 0.6 is 0 Å². The van der Waals surface area contributed by atoms with E-state index in [1.807, 2.05) is 10.2 Å². The number of carbonyl (C=O) groups excluding carboxylic acids is 1. The predicted molar refractivity (Wildman–Crippen MR) is 89.2 cm³/mol. The second-order valence-electron chi connectivity index (χ2n) is 7.01. The smallest absolute Gasteiger partial charge is 0.405 e. The SMILES string of the molecule is CC(C)CCOc1ccc(CN2CC(C(=O)NCC(F)(F)F)C2)c(F)c1. The first kappa shape index (κ1) is 20.5. The molecule has 0 atom stereocenters. The zero-order valence-corrected chi connectivity index (χ0v) is 14.9. The molecule has 2 rings (SSSR count). The minimum absolute atomic E-state index is 0.307. The van der Waals surface area contributed by atoms with E-state index in [1.165, 1.54) is 6.07 Å². The average Bonchev–Trinajstić information content (AvgIpc) is 2.48. The number of amides is 1. The van der Waals surface area contributed by atoms with Gasteiger partial charge in [0.05, 0.1) is 12.5 Å². The van der Waals surface area contributed by atoms with Crippen molar-refractivity contribution in [2.45, 2.75) is 33.0 Å². The molecule has 1 N–H and O–H groups in total. The lowest BCUT2D eigenvalue weighted by molar-refractivity contribution is -0.144. The number of alkyl halides is 3. The molecule has 1 fully saturated rings. The van der Waals surface area contributed by atoms with Gasteiger partial charge in [0.15, 0.2) is 0 Å². The molecule has 0 unspecified atom stereocenters. The fourth-order valence-electron chi connectivity index (χ4n) is 2.60. The Labute approximate surface area is 150 Å². The van der Waals surface area contributed by atoms with Crippen molar-refractivity contribution in [3.05, 3.63) is 29.6 Å². The van der Waals surface area contributed by atoms with Crippen LogP contribution in [0.5, 0.6) is 5.75 Å². The number of hydrogen-bond donors (Lipinski definition) is 1. The van der Waals surface area contributed by atoms with Crippen LogP contribution < -0.4 is 10.1 Å². The molecule has 1 saturated heterocycles. The predicted octanol–water partition coefficient (Wildman–Crippen LogP) is 3.36. The Morgan fingerprint density at radius 2 is 2.04 bits per heavy atom. The van der Waals surface area contributed by atoms with Gasteiger partial charge in [-0.1, -0.05) is 19.9 Å². The van der Waals surface area contributed by atoms with Crippen molar-refractivity contribution >= 4 is 5.91 Å². The van der Waals surface area contributed by atoms with Crippen molar-refractivity contribution in [1.82, 2.24) is 10.2 Å². The molecule has 0 radical (unpaired) electrons. The second kappa shape index (κ2) is 8.70. The molecule has 0 saturated carbocycles. The molecule has 1 aromatic rings. The number of rotatable bonds is 8. The van der Waals surface area contributed by atoms with Crippen molar-refractivity contribution in [1.29, 1.82) is 0 Å². The molecule has 1 amide bonds. The van der Waals surface area contributed by atoms with E-state index >= 15 is 0 Å². The first-order chi connectivity index (χ1) is 12.1. The molecule has 1 aromatic carbocycles. The molecule has 146 valence electrons. The van der Waals surface area contributed by atoms with E-state index in [9.17, 15) is 22.4 Å². The van der Waals surface area contributed by atoms with Crippen LogP contribution in [0.4, 0.5) is 17.6 Å². The van der Waals surface area contributed by atoms with E-state index in [0.29, 0.717) is 43.5 Å². The summed E-state index contributed by atoms with van der Waals surface area (Å²) in [6.07, 6.45) is -3.53. The summed E-state index contributed by atoms with van der Waals surface area (Å²) in [5.74, 6) is -0.518. The molecule has 0 aliphatic carbocycles. The number of carbonyl (C=O) groups is 1. The lowest BCUT2D eigenvalue weighted by atomic mass is 9.98. The van der Waals surface area contributed by atoms with Crippen LogP contribution in [-0.4, -0.2) is 43.2 Å². The molecular weight excluding hydrogens is 352 g/mol. The van der Waals surface area contributed by atoms with Gasteiger partial charge in [0.1, 0.15) is 18.1 Å². The summed E-state index contributed by atoms with van der Waals surface area (Å²) in [4.78, 5) is 13.4. The number of ether oxygens (including phenoxy) is 1. The lowest BCUT2D eigenvalue weighted by Crippen LogP contribution is -2.54. The summed E-state index contributed by atoms with van der Waals surface area (Å²) < 4.78 is 55.9. The van der Waals surface area contributed by atoms with Crippen LogP contribution in [0, 0.1) is 17.7 Å². The molecule has 1 aliphatic heterocycles. The third-order valence-electron chi connectivity index (χ3n) is 4.17. The fraction of sp³-hybridized carbons (Fsp3) is 0.611. The number of nitrogens with zero attached hydrogens (tertiary/aromatic N) is 1.